The number of carbonyl (C=O) groups excluding carboxylic acids is 1. The minimum atomic E-state index is -0.997. The fourth-order valence-electron chi connectivity index (χ4n) is 4.53. The summed E-state index contributed by atoms with van der Waals surface area (Å²) in [4.78, 5) is 16.5. The van der Waals surface area contributed by atoms with Crippen molar-refractivity contribution in [3.63, 3.8) is 0 Å². The van der Waals surface area contributed by atoms with Crippen LogP contribution < -0.4 is 15.8 Å². The maximum absolute atomic E-state index is 13.7. The number of aryl methyl sites for hydroxylation is 1. The van der Waals surface area contributed by atoms with E-state index in [4.69, 9.17) is 15.6 Å². The van der Waals surface area contributed by atoms with Gasteiger partial charge < -0.3 is 10.5 Å². The van der Waals surface area contributed by atoms with E-state index in [0.717, 1.165) is 51.8 Å². The molecule has 0 radical (unpaired) electrons. The van der Waals surface area contributed by atoms with Crippen molar-refractivity contribution in [3.05, 3.63) is 83.3 Å². The van der Waals surface area contributed by atoms with Crippen LogP contribution in [-0.4, -0.2) is 33.8 Å². The number of hydrogen-bond acceptors (Lipinski definition) is 5. The van der Waals surface area contributed by atoms with E-state index in [-0.39, 0.29) is 11.6 Å². The van der Waals surface area contributed by atoms with Crippen LogP contribution in [0.4, 0.5) is 8.78 Å². The van der Waals surface area contributed by atoms with Crippen molar-refractivity contribution in [2.75, 3.05) is 7.11 Å². The van der Waals surface area contributed by atoms with E-state index in [1.807, 2.05) is 35.1 Å². The minimum absolute atomic E-state index is 0.108. The highest BCUT2D eigenvalue weighted by Gasteiger charge is 2.27. The van der Waals surface area contributed by atoms with Crippen LogP contribution in [-0.2, 0) is 17.6 Å². The molecule has 34 heavy (non-hydrogen) atoms. The van der Waals surface area contributed by atoms with Crippen molar-refractivity contribution in [3.8, 4) is 11.4 Å². The molecule has 4 aromatic rings. The van der Waals surface area contributed by atoms with Gasteiger partial charge in [0.2, 0.25) is 5.91 Å². The SMILES string of the molecule is COc1ccc2nccc(-n3cc4c(n3)CCC(NC(C(N)=O)c3cc(F)cc(F)c3)C4)c2c1. The molecule has 0 saturated carbocycles. The quantitative estimate of drug-likeness (QED) is 0.457. The second kappa shape index (κ2) is 8.83. The summed E-state index contributed by atoms with van der Waals surface area (Å²) >= 11 is 0. The summed E-state index contributed by atoms with van der Waals surface area (Å²) in [6.45, 7) is 0. The van der Waals surface area contributed by atoms with Crippen LogP contribution in [0, 0.1) is 11.6 Å². The molecule has 0 fully saturated rings. The zero-order valence-corrected chi connectivity index (χ0v) is 18.5. The van der Waals surface area contributed by atoms with Crippen molar-refractivity contribution in [2.24, 2.45) is 5.73 Å². The van der Waals surface area contributed by atoms with Gasteiger partial charge in [-0.2, -0.15) is 5.10 Å². The van der Waals surface area contributed by atoms with Gasteiger partial charge in [0.25, 0.3) is 0 Å². The number of amides is 1. The van der Waals surface area contributed by atoms with E-state index in [2.05, 4.69) is 10.3 Å². The third kappa shape index (κ3) is 4.22. The number of pyridine rings is 1. The lowest BCUT2D eigenvalue weighted by Crippen LogP contribution is -2.42. The van der Waals surface area contributed by atoms with Gasteiger partial charge in [-0.15, -0.1) is 0 Å². The lowest BCUT2D eigenvalue weighted by atomic mass is 9.92. The second-order valence-corrected chi connectivity index (χ2v) is 8.40. The molecule has 9 heteroatoms. The third-order valence-electron chi connectivity index (χ3n) is 6.15. The van der Waals surface area contributed by atoms with Crippen LogP contribution in [0.3, 0.4) is 0 Å². The zero-order valence-electron chi connectivity index (χ0n) is 18.5. The van der Waals surface area contributed by atoms with Gasteiger partial charge in [-0.05, 0) is 66.8 Å². The molecule has 2 unspecified atom stereocenters. The maximum Gasteiger partial charge on any atom is 0.239 e. The number of benzene rings is 2. The van der Waals surface area contributed by atoms with Gasteiger partial charge in [-0.3, -0.25) is 15.1 Å². The number of nitrogens with two attached hydrogens (primary N) is 1. The van der Waals surface area contributed by atoms with Crippen molar-refractivity contribution in [1.29, 1.82) is 0 Å². The number of halogens is 2. The van der Waals surface area contributed by atoms with Crippen molar-refractivity contribution in [1.82, 2.24) is 20.1 Å². The number of carbonyl (C=O) groups is 1. The summed E-state index contributed by atoms with van der Waals surface area (Å²) in [5, 5.41) is 8.89. The summed E-state index contributed by atoms with van der Waals surface area (Å²) < 4.78 is 34.6. The molecule has 0 spiro atoms. The van der Waals surface area contributed by atoms with Crippen LogP contribution >= 0.6 is 0 Å². The summed E-state index contributed by atoms with van der Waals surface area (Å²) in [5.74, 6) is -1.47. The Balaban J connectivity index is 1.41. The first-order valence-corrected chi connectivity index (χ1v) is 10.9. The number of nitrogens with one attached hydrogen (secondary N) is 1. The van der Waals surface area contributed by atoms with Crippen LogP contribution in [0.15, 0.2) is 54.9 Å². The Labute approximate surface area is 194 Å². The molecule has 2 atom stereocenters. The number of primary amides is 1. The Morgan fingerprint density at radius 1 is 1.21 bits per heavy atom. The molecule has 7 nitrogen and oxygen atoms in total. The molecule has 2 aromatic heterocycles. The molecule has 2 heterocycles. The molecule has 174 valence electrons. The van der Waals surface area contributed by atoms with Gasteiger partial charge in [-0.25, -0.2) is 13.5 Å². The van der Waals surface area contributed by atoms with Crippen molar-refractivity contribution in [2.45, 2.75) is 31.3 Å². The van der Waals surface area contributed by atoms with Crippen LogP contribution in [0.1, 0.15) is 29.3 Å². The Bertz CT molecular complexity index is 1370. The summed E-state index contributed by atoms with van der Waals surface area (Å²) in [6, 6.07) is 9.51. The number of aromatic nitrogens is 3. The molecule has 1 aliphatic rings. The average Bonchev–Trinajstić information content (AvgIpc) is 3.24. The van der Waals surface area contributed by atoms with Crippen LogP contribution in [0.5, 0.6) is 5.75 Å². The normalized spacial score (nSPS) is 16.3. The Morgan fingerprint density at radius 2 is 2.00 bits per heavy atom. The van der Waals surface area contributed by atoms with E-state index in [1.165, 1.54) is 0 Å². The smallest absolute Gasteiger partial charge is 0.239 e. The largest absolute Gasteiger partial charge is 0.497 e. The molecule has 0 saturated heterocycles. The monoisotopic (exact) mass is 463 g/mol. The molecule has 1 aliphatic carbocycles. The highest BCUT2D eigenvalue weighted by molar-refractivity contribution is 5.88. The van der Waals surface area contributed by atoms with Crippen LogP contribution in [0.2, 0.25) is 0 Å². The highest BCUT2D eigenvalue weighted by Crippen LogP contribution is 2.28. The first-order valence-electron chi connectivity index (χ1n) is 10.9. The molecule has 0 bridgehead atoms. The fourth-order valence-corrected chi connectivity index (χ4v) is 4.53. The molecule has 3 N–H and O–H groups in total. The molecule has 1 amide bonds. The van der Waals surface area contributed by atoms with E-state index in [0.29, 0.717) is 19.3 Å². The van der Waals surface area contributed by atoms with Gasteiger partial charge in [-0.1, -0.05) is 0 Å². The van der Waals surface area contributed by atoms with Gasteiger partial charge in [0.05, 0.1) is 24.0 Å². The number of rotatable bonds is 6. The Morgan fingerprint density at radius 3 is 2.74 bits per heavy atom. The predicted octanol–water partition coefficient (Wildman–Crippen LogP) is 3.38. The predicted molar refractivity (Wildman–Crippen MR) is 123 cm³/mol. The number of hydrogen-bond donors (Lipinski definition) is 2. The standard InChI is InChI=1S/C25H23F2N5O2/c1-34-19-3-5-22-20(12-19)23(6-7-29-22)32-13-15-10-18(2-4-21(15)31-32)30-24(25(28)33)14-8-16(26)11-17(27)9-14/h3,5-9,11-13,18,24,30H,2,4,10H2,1H3,(H2,28,33). The summed E-state index contributed by atoms with van der Waals surface area (Å²) in [6.07, 6.45) is 5.71. The van der Waals surface area contributed by atoms with Crippen molar-refractivity contribution >= 4 is 16.8 Å². The zero-order chi connectivity index (χ0) is 23.8. The Hall–Kier alpha value is -3.85. The lowest BCUT2D eigenvalue weighted by Gasteiger charge is -2.27. The molecular formula is C25H23F2N5O2. The number of ether oxygens (including phenoxy) is 1. The molecule has 5 rings (SSSR count). The molecule has 0 aliphatic heterocycles. The second-order valence-electron chi connectivity index (χ2n) is 8.40. The number of methoxy groups -OCH3 is 1. The average molecular weight is 463 g/mol. The van der Waals surface area contributed by atoms with E-state index >= 15 is 0 Å². The highest BCUT2D eigenvalue weighted by atomic mass is 19.1. The van der Waals surface area contributed by atoms with Gasteiger partial charge >= 0.3 is 0 Å². The first kappa shape index (κ1) is 22.0. The van der Waals surface area contributed by atoms with Crippen LogP contribution in [0.25, 0.3) is 16.6 Å². The van der Waals surface area contributed by atoms with E-state index < -0.39 is 23.6 Å². The first-order chi connectivity index (χ1) is 16.4. The van der Waals surface area contributed by atoms with E-state index in [1.54, 1.807) is 13.3 Å². The van der Waals surface area contributed by atoms with Gasteiger partial charge in [0.15, 0.2) is 0 Å². The lowest BCUT2D eigenvalue weighted by molar-refractivity contribution is -0.120. The van der Waals surface area contributed by atoms with Gasteiger partial charge in [0, 0.05) is 29.9 Å². The minimum Gasteiger partial charge on any atom is -0.497 e. The van der Waals surface area contributed by atoms with Gasteiger partial charge in [0.1, 0.15) is 23.4 Å². The molecule has 2 aromatic carbocycles. The fraction of sp³-hybridized carbons (Fsp3) is 0.240. The summed E-state index contributed by atoms with van der Waals surface area (Å²) in [5.41, 5.74) is 9.45. The van der Waals surface area contributed by atoms with E-state index in [9.17, 15) is 13.6 Å². The molecular weight excluding hydrogens is 440 g/mol. The third-order valence-corrected chi connectivity index (χ3v) is 6.15. The topological polar surface area (TPSA) is 95.1 Å². The summed E-state index contributed by atoms with van der Waals surface area (Å²) in [7, 11) is 1.62. The Kier molecular flexibility index (Phi) is 5.70. The maximum atomic E-state index is 13.7. The number of nitrogens with zero attached hydrogens (tertiary/aromatic N) is 3. The van der Waals surface area contributed by atoms with Crippen molar-refractivity contribution < 1.29 is 18.3 Å². The number of fused-ring (bicyclic) bond motifs is 2.